The van der Waals surface area contributed by atoms with E-state index >= 15 is 0 Å². The Morgan fingerprint density at radius 3 is 2.79 bits per heavy atom. The lowest BCUT2D eigenvalue weighted by molar-refractivity contribution is -0.138. The highest BCUT2D eigenvalue weighted by molar-refractivity contribution is 5.76. The van der Waals surface area contributed by atoms with Crippen LogP contribution in [0.4, 0.5) is 13.2 Å². The molecule has 3 rings (SSSR count). The number of fused-ring (bicyclic) bond motifs is 1. The maximum atomic E-state index is 13.0. The van der Waals surface area contributed by atoms with Gasteiger partial charge in [0.1, 0.15) is 12.2 Å². The number of hydrogen-bond acceptors (Lipinski definition) is 6. The van der Waals surface area contributed by atoms with E-state index in [2.05, 4.69) is 15.6 Å². The van der Waals surface area contributed by atoms with Crippen LogP contribution in [-0.2, 0) is 27.0 Å². The number of aromatic nitrogens is 1. The average Bonchev–Trinajstić information content (AvgIpc) is 3.12. The van der Waals surface area contributed by atoms with E-state index in [1.165, 1.54) is 6.20 Å². The van der Waals surface area contributed by atoms with Gasteiger partial charge in [-0.05, 0) is 25.5 Å². The number of hydrogen-bond donors (Lipinski definition) is 3. The molecule has 3 heterocycles. The molecule has 1 aromatic heterocycles. The minimum Gasteiger partial charge on any atom is -0.388 e. The normalized spacial score (nSPS) is 29.3. The molecule has 1 amide bonds. The Balaban J connectivity index is 1.47. The van der Waals surface area contributed by atoms with Crippen LogP contribution in [0.1, 0.15) is 37.8 Å². The molecule has 2 aliphatic rings. The minimum absolute atomic E-state index is 0.0279. The molecule has 5 unspecified atom stereocenters. The van der Waals surface area contributed by atoms with Crippen molar-refractivity contribution in [1.29, 1.82) is 0 Å². The zero-order valence-electron chi connectivity index (χ0n) is 16.3. The van der Waals surface area contributed by atoms with Gasteiger partial charge < -0.3 is 25.2 Å². The predicted octanol–water partition coefficient (Wildman–Crippen LogP) is 1.39. The fraction of sp³-hybridized carbons (Fsp3) is 0.684. The average molecular weight is 417 g/mol. The number of rotatable bonds is 7. The largest absolute Gasteiger partial charge is 0.416 e. The molecular weight excluding hydrogens is 391 g/mol. The van der Waals surface area contributed by atoms with Gasteiger partial charge in [-0.1, -0.05) is 0 Å². The molecule has 5 atom stereocenters. The zero-order chi connectivity index (χ0) is 21.2. The quantitative estimate of drug-likeness (QED) is 0.621. The molecule has 0 aliphatic carbocycles. The molecule has 0 spiro atoms. The highest BCUT2D eigenvalue weighted by Gasteiger charge is 2.50. The molecule has 1 aromatic rings. The Labute approximate surface area is 167 Å². The second kappa shape index (κ2) is 8.95. The van der Waals surface area contributed by atoms with Gasteiger partial charge >= 0.3 is 6.18 Å². The van der Waals surface area contributed by atoms with Crippen molar-refractivity contribution in [3.05, 3.63) is 29.6 Å². The van der Waals surface area contributed by atoms with Crippen molar-refractivity contribution in [2.24, 2.45) is 0 Å². The maximum absolute atomic E-state index is 13.0. The Morgan fingerprint density at radius 1 is 1.38 bits per heavy atom. The third kappa shape index (κ3) is 5.44. The monoisotopic (exact) mass is 417 g/mol. The van der Waals surface area contributed by atoms with Crippen LogP contribution in [0.2, 0.25) is 0 Å². The Bertz CT molecular complexity index is 716. The summed E-state index contributed by atoms with van der Waals surface area (Å²) in [5, 5.41) is 16.1. The van der Waals surface area contributed by atoms with Crippen molar-refractivity contribution in [1.82, 2.24) is 15.6 Å². The summed E-state index contributed by atoms with van der Waals surface area (Å²) in [7, 11) is 0. The third-order valence-electron chi connectivity index (χ3n) is 5.01. The van der Waals surface area contributed by atoms with Gasteiger partial charge in [0.15, 0.2) is 0 Å². The molecule has 29 heavy (non-hydrogen) atoms. The summed E-state index contributed by atoms with van der Waals surface area (Å²) < 4.78 is 50.7. The van der Waals surface area contributed by atoms with Gasteiger partial charge in [-0.3, -0.25) is 9.78 Å². The highest BCUT2D eigenvalue weighted by atomic mass is 19.4. The van der Waals surface area contributed by atoms with Gasteiger partial charge in [0.05, 0.1) is 30.3 Å². The van der Waals surface area contributed by atoms with E-state index in [0.717, 1.165) is 12.3 Å². The van der Waals surface area contributed by atoms with Crippen LogP contribution in [-0.4, -0.2) is 59.1 Å². The summed E-state index contributed by atoms with van der Waals surface area (Å²) in [5.41, 5.74) is -0.712. The molecule has 2 aliphatic heterocycles. The first-order chi connectivity index (χ1) is 13.6. The number of carbonyl (C=O) groups excluding carboxylic acids is 1. The van der Waals surface area contributed by atoms with Crippen LogP contribution in [0.15, 0.2) is 18.5 Å². The summed E-state index contributed by atoms with van der Waals surface area (Å²) in [5.74, 6) is -0.116. The number of nitrogens with zero attached hydrogens (tertiary/aromatic N) is 1. The van der Waals surface area contributed by atoms with E-state index in [1.807, 2.05) is 13.8 Å². The van der Waals surface area contributed by atoms with Crippen LogP contribution in [0, 0.1) is 0 Å². The first kappa shape index (κ1) is 21.9. The van der Waals surface area contributed by atoms with Gasteiger partial charge in [0.2, 0.25) is 5.91 Å². The van der Waals surface area contributed by atoms with Crippen LogP contribution < -0.4 is 10.6 Å². The van der Waals surface area contributed by atoms with Crippen molar-refractivity contribution in [2.45, 2.75) is 76.0 Å². The van der Waals surface area contributed by atoms with E-state index < -0.39 is 30.1 Å². The van der Waals surface area contributed by atoms with Crippen molar-refractivity contribution >= 4 is 5.91 Å². The first-order valence-electron chi connectivity index (χ1n) is 9.64. The summed E-state index contributed by atoms with van der Waals surface area (Å²) in [6.07, 6.45) is -4.19. The van der Waals surface area contributed by atoms with E-state index in [-0.39, 0.29) is 49.2 Å². The fourth-order valence-corrected chi connectivity index (χ4v) is 3.79. The van der Waals surface area contributed by atoms with Gasteiger partial charge in [0, 0.05) is 37.9 Å². The minimum atomic E-state index is -4.45. The van der Waals surface area contributed by atoms with E-state index in [1.54, 1.807) is 0 Å². The molecule has 0 aromatic carbocycles. The standard InChI is InChI=1S/C19H26F3N3O4/c1-10(2)25-16(26)6-12-5-14-18(28-12)17(27)15(29-14)9-24-8-11-7-23-4-3-13(11)19(20,21)22/h3-4,7,10,12,14-15,17-18,24,27H,5-6,8-9H2,1-2H3,(H,25,26). The number of amides is 1. The molecule has 0 radical (unpaired) electrons. The fourth-order valence-electron chi connectivity index (χ4n) is 3.79. The molecule has 0 saturated carbocycles. The van der Waals surface area contributed by atoms with E-state index in [9.17, 15) is 23.1 Å². The van der Waals surface area contributed by atoms with E-state index in [4.69, 9.17) is 9.47 Å². The van der Waals surface area contributed by atoms with Crippen molar-refractivity contribution in [3.8, 4) is 0 Å². The van der Waals surface area contributed by atoms with Crippen LogP contribution in [0.3, 0.4) is 0 Å². The Morgan fingerprint density at radius 2 is 2.14 bits per heavy atom. The maximum Gasteiger partial charge on any atom is 0.416 e. The summed E-state index contributed by atoms with van der Waals surface area (Å²) in [4.78, 5) is 15.6. The van der Waals surface area contributed by atoms with Gasteiger partial charge in [-0.25, -0.2) is 0 Å². The number of carbonyl (C=O) groups is 1. The summed E-state index contributed by atoms with van der Waals surface area (Å²) in [6.45, 7) is 3.86. The van der Waals surface area contributed by atoms with E-state index in [0.29, 0.717) is 6.42 Å². The number of halogens is 3. The second-order valence-corrected chi connectivity index (χ2v) is 7.75. The number of ether oxygens (including phenoxy) is 2. The van der Waals surface area contributed by atoms with Crippen LogP contribution >= 0.6 is 0 Å². The summed E-state index contributed by atoms with van der Waals surface area (Å²) in [6, 6.07) is 0.976. The van der Waals surface area contributed by atoms with Crippen molar-refractivity contribution in [3.63, 3.8) is 0 Å². The molecule has 10 heteroatoms. The van der Waals surface area contributed by atoms with Gasteiger partial charge in [-0.2, -0.15) is 13.2 Å². The SMILES string of the molecule is CC(C)NC(=O)CC1CC2OC(CNCc3cnccc3C(F)(F)F)C(O)C2O1. The number of pyridine rings is 1. The zero-order valence-corrected chi connectivity index (χ0v) is 16.3. The lowest BCUT2D eigenvalue weighted by Gasteiger charge is -2.21. The smallest absolute Gasteiger partial charge is 0.388 e. The second-order valence-electron chi connectivity index (χ2n) is 7.75. The first-order valence-corrected chi connectivity index (χ1v) is 9.64. The molecule has 162 valence electrons. The summed E-state index contributed by atoms with van der Waals surface area (Å²) >= 11 is 0. The Kier molecular flexibility index (Phi) is 6.77. The van der Waals surface area contributed by atoms with Crippen molar-refractivity contribution < 1.29 is 32.5 Å². The third-order valence-corrected chi connectivity index (χ3v) is 5.01. The lowest BCUT2D eigenvalue weighted by Crippen LogP contribution is -2.39. The van der Waals surface area contributed by atoms with Crippen molar-refractivity contribution in [2.75, 3.05) is 6.54 Å². The molecular formula is C19H26F3N3O4. The highest BCUT2D eigenvalue weighted by Crippen LogP contribution is 2.35. The predicted molar refractivity (Wildman–Crippen MR) is 96.8 cm³/mol. The number of aliphatic hydroxyl groups is 1. The molecule has 7 nitrogen and oxygen atoms in total. The lowest BCUT2D eigenvalue weighted by atomic mass is 10.1. The molecule has 2 saturated heterocycles. The topological polar surface area (TPSA) is 92.7 Å². The molecule has 3 N–H and O–H groups in total. The molecule has 2 fully saturated rings. The number of alkyl halides is 3. The van der Waals surface area contributed by atoms with Gasteiger partial charge in [-0.15, -0.1) is 0 Å². The van der Waals surface area contributed by atoms with Gasteiger partial charge in [0.25, 0.3) is 0 Å². The number of nitrogens with one attached hydrogen (secondary N) is 2. The Hall–Kier alpha value is -1.75. The van der Waals surface area contributed by atoms with Crippen LogP contribution in [0.25, 0.3) is 0 Å². The number of aliphatic hydroxyl groups excluding tert-OH is 1. The molecule has 0 bridgehead atoms. The van der Waals surface area contributed by atoms with Crippen LogP contribution in [0.5, 0.6) is 0 Å².